The molecule has 1 saturated heterocycles. The second kappa shape index (κ2) is 6.63. The highest BCUT2D eigenvalue weighted by atomic mass is 16.4. The zero-order chi connectivity index (χ0) is 15.6. The number of nitrogens with one attached hydrogen (secondary N) is 1. The van der Waals surface area contributed by atoms with Crippen LogP contribution in [0.2, 0.25) is 0 Å². The van der Waals surface area contributed by atoms with E-state index in [1.54, 1.807) is 0 Å². The fourth-order valence-corrected chi connectivity index (χ4v) is 3.50. The van der Waals surface area contributed by atoms with Crippen LogP contribution in [-0.2, 0) is 4.79 Å². The zero-order valence-electron chi connectivity index (χ0n) is 13.9. The predicted octanol–water partition coefficient (Wildman–Crippen LogP) is 1.39. The number of carboxylic acid groups (broad SMARTS) is 1. The van der Waals surface area contributed by atoms with E-state index in [-0.39, 0.29) is 0 Å². The highest BCUT2D eigenvalue weighted by Crippen LogP contribution is 2.26. The number of nitrogens with zero attached hydrogens (tertiary/aromatic N) is 2. The third-order valence-electron chi connectivity index (χ3n) is 5.10. The van der Waals surface area contributed by atoms with Crippen molar-refractivity contribution in [1.29, 1.82) is 0 Å². The molecule has 122 valence electrons. The Kier molecular flexibility index (Phi) is 5.28. The maximum atomic E-state index is 11.7. The normalized spacial score (nSPS) is 29.0. The van der Waals surface area contributed by atoms with Crippen molar-refractivity contribution < 1.29 is 9.90 Å². The second-order valence-electron chi connectivity index (χ2n) is 7.08. The lowest BCUT2D eigenvalue weighted by molar-refractivity contribution is -0.145. The van der Waals surface area contributed by atoms with Gasteiger partial charge in [-0.05, 0) is 46.6 Å². The van der Waals surface area contributed by atoms with Gasteiger partial charge in [0.15, 0.2) is 0 Å². The first kappa shape index (κ1) is 16.7. The van der Waals surface area contributed by atoms with Crippen LogP contribution in [0.4, 0.5) is 0 Å². The Hall–Kier alpha value is -0.650. The molecule has 2 N–H and O–H groups in total. The van der Waals surface area contributed by atoms with Crippen molar-refractivity contribution in [3.8, 4) is 0 Å². The van der Waals surface area contributed by atoms with Crippen molar-refractivity contribution in [3.63, 3.8) is 0 Å². The number of carboxylic acids is 1. The van der Waals surface area contributed by atoms with Crippen LogP contribution in [0.5, 0.6) is 0 Å². The highest BCUT2D eigenvalue weighted by Gasteiger charge is 2.40. The quantitative estimate of drug-likeness (QED) is 0.744. The molecule has 0 spiro atoms. The van der Waals surface area contributed by atoms with E-state index in [1.165, 1.54) is 0 Å². The number of hydrogen-bond acceptors (Lipinski definition) is 4. The minimum Gasteiger partial charge on any atom is -0.480 e. The number of aliphatic carboxylic acids is 1. The summed E-state index contributed by atoms with van der Waals surface area (Å²) in [5.74, 6) is -0.721. The lowest BCUT2D eigenvalue weighted by Gasteiger charge is -2.43. The lowest BCUT2D eigenvalue weighted by Crippen LogP contribution is -2.58. The molecule has 0 amide bonds. The van der Waals surface area contributed by atoms with Crippen molar-refractivity contribution in [1.82, 2.24) is 15.1 Å². The Morgan fingerprint density at radius 1 is 1.43 bits per heavy atom. The Labute approximate surface area is 128 Å². The molecule has 0 bridgehead atoms. The van der Waals surface area contributed by atoms with Gasteiger partial charge in [-0.2, -0.15) is 0 Å². The molecule has 0 aromatic carbocycles. The van der Waals surface area contributed by atoms with Gasteiger partial charge in [0.2, 0.25) is 0 Å². The Balaban J connectivity index is 1.92. The van der Waals surface area contributed by atoms with Gasteiger partial charge in [0.25, 0.3) is 0 Å². The molecule has 3 unspecified atom stereocenters. The molecule has 0 radical (unpaired) electrons. The van der Waals surface area contributed by atoms with Crippen LogP contribution in [-0.4, -0.2) is 70.7 Å². The van der Waals surface area contributed by atoms with Crippen LogP contribution in [0, 0.1) is 0 Å². The Morgan fingerprint density at radius 3 is 2.57 bits per heavy atom. The van der Waals surface area contributed by atoms with E-state index in [0.717, 1.165) is 39.0 Å². The van der Waals surface area contributed by atoms with Crippen LogP contribution in [0.15, 0.2) is 0 Å². The van der Waals surface area contributed by atoms with Gasteiger partial charge in [-0.1, -0.05) is 6.92 Å². The number of rotatable bonds is 7. The molecule has 1 heterocycles. The summed E-state index contributed by atoms with van der Waals surface area (Å²) in [6, 6.07) is 1.26. The zero-order valence-corrected chi connectivity index (χ0v) is 13.9. The Bertz CT molecular complexity index is 373. The molecule has 2 fully saturated rings. The van der Waals surface area contributed by atoms with Crippen LogP contribution >= 0.6 is 0 Å². The van der Waals surface area contributed by atoms with E-state index >= 15 is 0 Å². The van der Waals surface area contributed by atoms with E-state index in [4.69, 9.17) is 0 Å². The predicted molar refractivity (Wildman–Crippen MR) is 84.6 cm³/mol. The number of likely N-dealkylation sites (N-methyl/N-ethyl adjacent to an activating group) is 1. The minimum atomic E-state index is -0.800. The molecule has 1 saturated carbocycles. The first-order valence-electron chi connectivity index (χ1n) is 8.35. The molecular formula is C16H31N3O2. The van der Waals surface area contributed by atoms with Crippen molar-refractivity contribution in [2.45, 2.75) is 70.6 Å². The van der Waals surface area contributed by atoms with Crippen LogP contribution in [0.1, 0.15) is 47.0 Å². The van der Waals surface area contributed by atoms with Gasteiger partial charge in [0.05, 0.1) is 0 Å². The summed E-state index contributed by atoms with van der Waals surface area (Å²) in [6.07, 6.45) is 2.89. The van der Waals surface area contributed by atoms with E-state index in [9.17, 15) is 9.90 Å². The fourth-order valence-electron chi connectivity index (χ4n) is 3.50. The summed E-state index contributed by atoms with van der Waals surface area (Å²) in [6.45, 7) is 12.7. The van der Waals surface area contributed by atoms with E-state index in [1.807, 2.05) is 6.92 Å². The van der Waals surface area contributed by atoms with Crippen molar-refractivity contribution in [2.24, 2.45) is 0 Å². The summed E-state index contributed by atoms with van der Waals surface area (Å²) in [5, 5.41) is 12.9. The molecule has 0 aromatic rings. The molecule has 2 aliphatic rings. The summed E-state index contributed by atoms with van der Waals surface area (Å²) in [4.78, 5) is 16.6. The fraction of sp³-hybridized carbons (Fsp3) is 0.938. The van der Waals surface area contributed by atoms with Crippen molar-refractivity contribution in [2.75, 3.05) is 26.2 Å². The van der Waals surface area contributed by atoms with Gasteiger partial charge in [-0.25, -0.2) is 0 Å². The lowest BCUT2D eigenvalue weighted by atomic mass is 9.92. The third kappa shape index (κ3) is 4.18. The van der Waals surface area contributed by atoms with Gasteiger partial charge >= 0.3 is 5.97 Å². The van der Waals surface area contributed by atoms with Crippen LogP contribution in [0.3, 0.4) is 0 Å². The second-order valence-corrected chi connectivity index (χ2v) is 7.08. The van der Waals surface area contributed by atoms with Gasteiger partial charge in [-0.3, -0.25) is 19.9 Å². The molecule has 2 rings (SSSR count). The molecule has 1 aliphatic carbocycles. The SMILES string of the molecule is CCN1CCN(C(C)CC(C)(NC2CC2)C(=O)O)CC1C. The summed E-state index contributed by atoms with van der Waals surface area (Å²) in [5.41, 5.74) is -0.800. The summed E-state index contributed by atoms with van der Waals surface area (Å²) >= 11 is 0. The van der Waals surface area contributed by atoms with Gasteiger partial charge < -0.3 is 5.11 Å². The van der Waals surface area contributed by atoms with E-state index in [2.05, 4.69) is 35.9 Å². The minimum absolute atomic E-state index is 0.291. The monoisotopic (exact) mass is 297 g/mol. The van der Waals surface area contributed by atoms with Gasteiger partial charge in [0.1, 0.15) is 5.54 Å². The van der Waals surface area contributed by atoms with Crippen molar-refractivity contribution in [3.05, 3.63) is 0 Å². The largest absolute Gasteiger partial charge is 0.480 e. The molecule has 1 aliphatic heterocycles. The van der Waals surface area contributed by atoms with E-state index in [0.29, 0.717) is 24.5 Å². The first-order valence-corrected chi connectivity index (χ1v) is 8.35. The number of piperazine rings is 1. The number of hydrogen-bond donors (Lipinski definition) is 2. The highest BCUT2D eigenvalue weighted by molar-refractivity contribution is 5.78. The Morgan fingerprint density at radius 2 is 2.10 bits per heavy atom. The van der Waals surface area contributed by atoms with E-state index < -0.39 is 11.5 Å². The molecule has 21 heavy (non-hydrogen) atoms. The summed E-state index contributed by atoms with van der Waals surface area (Å²) < 4.78 is 0. The topological polar surface area (TPSA) is 55.8 Å². The molecule has 0 aromatic heterocycles. The van der Waals surface area contributed by atoms with Crippen LogP contribution in [0.25, 0.3) is 0 Å². The average Bonchev–Trinajstić information content (AvgIpc) is 3.22. The third-order valence-corrected chi connectivity index (χ3v) is 5.10. The van der Waals surface area contributed by atoms with Crippen molar-refractivity contribution >= 4 is 5.97 Å². The van der Waals surface area contributed by atoms with Gasteiger partial charge in [0, 0.05) is 37.8 Å². The first-order chi connectivity index (χ1) is 9.85. The molecule has 3 atom stereocenters. The maximum absolute atomic E-state index is 11.7. The smallest absolute Gasteiger partial charge is 0.323 e. The number of carbonyl (C=O) groups is 1. The molecular weight excluding hydrogens is 266 g/mol. The molecule has 5 nitrogen and oxygen atoms in total. The van der Waals surface area contributed by atoms with Crippen LogP contribution < -0.4 is 5.32 Å². The average molecular weight is 297 g/mol. The summed E-state index contributed by atoms with van der Waals surface area (Å²) in [7, 11) is 0. The molecule has 5 heteroatoms. The standard InChI is InChI=1S/C16H31N3O2/c1-5-18-8-9-19(11-13(18)3)12(2)10-16(4,15(20)21)17-14-6-7-14/h12-14,17H,5-11H2,1-4H3,(H,20,21). The van der Waals surface area contributed by atoms with Gasteiger partial charge in [-0.15, -0.1) is 0 Å². The maximum Gasteiger partial charge on any atom is 0.323 e.